The summed E-state index contributed by atoms with van der Waals surface area (Å²) in [6.07, 6.45) is 7.16. The molecule has 0 radical (unpaired) electrons. The summed E-state index contributed by atoms with van der Waals surface area (Å²) in [5.41, 5.74) is 2.28. The average molecular weight is 425 g/mol. The van der Waals surface area contributed by atoms with Crippen molar-refractivity contribution in [3.05, 3.63) is 83.9 Å². The van der Waals surface area contributed by atoms with Crippen LogP contribution in [0.2, 0.25) is 0 Å². The predicted molar refractivity (Wildman–Crippen MR) is 120 cm³/mol. The first-order valence-corrected chi connectivity index (χ1v) is 11.7. The Balaban J connectivity index is 1.32. The summed E-state index contributed by atoms with van der Waals surface area (Å²) in [4.78, 5) is 25.5. The van der Waals surface area contributed by atoms with Crippen LogP contribution in [0.4, 0.5) is 0 Å². The molecule has 1 heterocycles. The number of amides is 2. The largest absolute Gasteiger partial charge is 0.614 e. The lowest BCUT2D eigenvalue weighted by Gasteiger charge is -2.39. The van der Waals surface area contributed by atoms with Gasteiger partial charge in [-0.1, -0.05) is 72.8 Å². The zero-order valence-corrected chi connectivity index (χ0v) is 17.9. The Morgan fingerprint density at radius 3 is 2.33 bits per heavy atom. The van der Waals surface area contributed by atoms with Crippen LogP contribution in [0.3, 0.4) is 0 Å². The van der Waals surface area contributed by atoms with Crippen LogP contribution in [0.1, 0.15) is 30.4 Å². The number of likely N-dealkylation sites (tertiary alicyclic amines) is 1. The highest BCUT2D eigenvalue weighted by molar-refractivity contribution is 7.91. The Morgan fingerprint density at radius 1 is 1.03 bits per heavy atom. The summed E-state index contributed by atoms with van der Waals surface area (Å²) in [5, 5.41) is 2.46. The molecule has 2 aromatic rings. The number of rotatable bonds is 11. The molecule has 2 aromatic carbocycles. The Bertz CT molecular complexity index is 842. The van der Waals surface area contributed by atoms with Crippen molar-refractivity contribution >= 4 is 23.0 Å². The molecule has 0 aromatic heterocycles. The molecule has 0 aliphatic carbocycles. The number of benzene rings is 2. The van der Waals surface area contributed by atoms with E-state index in [1.807, 2.05) is 48.5 Å². The van der Waals surface area contributed by atoms with E-state index in [0.29, 0.717) is 12.3 Å². The summed E-state index contributed by atoms with van der Waals surface area (Å²) in [6.45, 7) is 0.502. The van der Waals surface area contributed by atoms with Gasteiger partial charge in [0.1, 0.15) is 12.3 Å². The first kappa shape index (κ1) is 22.1. The third kappa shape index (κ3) is 6.75. The fraction of sp³-hybridized carbons (Fsp3) is 0.333. The molecule has 1 aliphatic rings. The van der Waals surface area contributed by atoms with Crippen LogP contribution < -0.4 is 5.32 Å². The first-order valence-electron chi connectivity index (χ1n) is 10.3. The molecule has 0 saturated carbocycles. The number of hydrogen-bond donors (Lipinski definition) is 1. The minimum absolute atomic E-state index is 0.0260. The summed E-state index contributed by atoms with van der Waals surface area (Å²) in [7, 11) is 0. The second-order valence-corrected chi connectivity index (χ2v) is 8.92. The van der Waals surface area contributed by atoms with Crippen molar-refractivity contribution in [1.29, 1.82) is 0 Å². The summed E-state index contributed by atoms with van der Waals surface area (Å²) in [6, 6.07) is 19.9. The van der Waals surface area contributed by atoms with Gasteiger partial charge in [0.2, 0.25) is 11.8 Å². The standard InChI is InChI=1S/C24H28N2O3S/c27-22(25-16-10-2-1-5-11-20-12-6-3-7-13-20)18-26-23(28)17-24(26)30(29)19-21-14-8-4-9-15-21/h1-4,6-9,12-15,24H,5,10-11,16-19H2,(H,25,27)/b2-1-. The molecule has 2 unspecified atom stereocenters. The highest BCUT2D eigenvalue weighted by Crippen LogP contribution is 2.26. The van der Waals surface area contributed by atoms with Crippen LogP contribution in [0.25, 0.3) is 0 Å². The number of β-lactam (4-membered cyclic amide) rings is 1. The van der Waals surface area contributed by atoms with Crippen molar-refractivity contribution in [3.8, 4) is 0 Å². The van der Waals surface area contributed by atoms with Crippen molar-refractivity contribution in [1.82, 2.24) is 10.2 Å². The lowest BCUT2D eigenvalue weighted by molar-refractivity contribution is -0.145. The van der Waals surface area contributed by atoms with E-state index in [4.69, 9.17) is 0 Å². The van der Waals surface area contributed by atoms with Gasteiger partial charge in [-0.3, -0.25) is 14.5 Å². The molecular weight excluding hydrogens is 396 g/mol. The van der Waals surface area contributed by atoms with Gasteiger partial charge in [-0.15, -0.1) is 0 Å². The van der Waals surface area contributed by atoms with Crippen LogP contribution in [0.15, 0.2) is 72.8 Å². The van der Waals surface area contributed by atoms with Crippen molar-refractivity contribution in [2.24, 2.45) is 0 Å². The number of carbonyl (C=O) groups is 2. The Kier molecular flexibility index (Phi) is 8.53. The Labute approximate surface area is 181 Å². The van der Waals surface area contributed by atoms with Gasteiger partial charge in [-0.05, 0) is 36.0 Å². The lowest BCUT2D eigenvalue weighted by Crippen LogP contribution is -2.59. The number of hydrogen-bond acceptors (Lipinski definition) is 3. The fourth-order valence-electron chi connectivity index (χ4n) is 3.32. The Hall–Kier alpha value is -2.57. The maximum absolute atomic E-state index is 12.6. The van der Waals surface area contributed by atoms with Crippen molar-refractivity contribution in [3.63, 3.8) is 0 Å². The van der Waals surface area contributed by atoms with Gasteiger partial charge in [-0.25, -0.2) is 0 Å². The number of nitrogens with zero attached hydrogens (tertiary/aromatic N) is 1. The fourth-order valence-corrected chi connectivity index (χ4v) is 4.84. The zero-order chi connectivity index (χ0) is 21.2. The normalized spacial score (nSPS) is 17.0. The van der Waals surface area contributed by atoms with Crippen molar-refractivity contribution < 1.29 is 14.1 Å². The second-order valence-electron chi connectivity index (χ2n) is 7.33. The number of allylic oxidation sites excluding steroid dienone is 1. The predicted octanol–water partition coefficient (Wildman–Crippen LogP) is 3.19. The van der Waals surface area contributed by atoms with Gasteiger partial charge < -0.3 is 9.87 Å². The molecule has 1 fully saturated rings. The van der Waals surface area contributed by atoms with Crippen molar-refractivity contribution in [2.75, 3.05) is 13.1 Å². The summed E-state index contributed by atoms with van der Waals surface area (Å²) < 4.78 is 12.6. The third-order valence-electron chi connectivity index (χ3n) is 5.03. The SMILES string of the molecule is O=C(CN1C(=O)CC1[S+]([O-])Cc1ccccc1)NCC/C=C\CCc1ccccc1. The van der Waals surface area contributed by atoms with Crippen LogP contribution >= 0.6 is 0 Å². The molecule has 2 amide bonds. The maximum Gasteiger partial charge on any atom is 0.239 e. The van der Waals surface area contributed by atoms with E-state index in [-0.39, 0.29) is 30.2 Å². The quantitative estimate of drug-likeness (QED) is 0.261. The molecule has 0 bridgehead atoms. The molecular formula is C24H28N2O3S. The van der Waals surface area contributed by atoms with Crippen LogP contribution in [0, 0.1) is 0 Å². The number of nitrogens with one attached hydrogen (secondary N) is 1. The van der Waals surface area contributed by atoms with Crippen molar-refractivity contribution in [2.45, 2.75) is 36.8 Å². The highest BCUT2D eigenvalue weighted by Gasteiger charge is 2.45. The molecule has 30 heavy (non-hydrogen) atoms. The molecule has 0 spiro atoms. The van der Waals surface area contributed by atoms with Gasteiger partial charge in [-0.2, -0.15) is 0 Å². The monoisotopic (exact) mass is 424 g/mol. The highest BCUT2D eigenvalue weighted by atomic mass is 32.2. The first-order chi connectivity index (χ1) is 14.6. The second kappa shape index (κ2) is 11.6. The van der Waals surface area contributed by atoms with E-state index < -0.39 is 11.2 Å². The van der Waals surface area contributed by atoms with Gasteiger partial charge in [0, 0.05) is 12.1 Å². The van der Waals surface area contributed by atoms with E-state index >= 15 is 0 Å². The van der Waals surface area contributed by atoms with Gasteiger partial charge in [0.15, 0.2) is 5.37 Å². The smallest absolute Gasteiger partial charge is 0.239 e. The molecule has 3 rings (SSSR count). The topological polar surface area (TPSA) is 72.5 Å². The summed E-state index contributed by atoms with van der Waals surface area (Å²) in [5.74, 6) is 0.0739. The molecule has 1 N–H and O–H groups in total. The Morgan fingerprint density at radius 2 is 1.67 bits per heavy atom. The average Bonchev–Trinajstić information content (AvgIpc) is 2.76. The van der Waals surface area contributed by atoms with Crippen LogP contribution in [-0.4, -0.2) is 39.7 Å². The van der Waals surface area contributed by atoms with E-state index in [2.05, 4.69) is 29.6 Å². The van der Waals surface area contributed by atoms with E-state index in [1.54, 1.807) is 0 Å². The van der Waals surface area contributed by atoms with E-state index in [0.717, 1.165) is 24.8 Å². The molecule has 158 valence electrons. The third-order valence-corrected chi connectivity index (χ3v) is 6.67. The minimum Gasteiger partial charge on any atom is -0.614 e. The van der Waals surface area contributed by atoms with Gasteiger partial charge in [0.05, 0.1) is 6.42 Å². The van der Waals surface area contributed by atoms with Gasteiger partial charge in [0.25, 0.3) is 0 Å². The molecule has 1 aliphatic heterocycles. The van der Waals surface area contributed by atoms with E-state index in [9.17, 15) is 14.1 Å². The summed E-state index contributed by atoms with van der Waals surface area (Å²) >= 11 is -1.21. The van der Waals surface area contributed by atoms with Crippen LogP contribution in [0.5, 0.6) is 0 Å². The molecule has 1 saturated heterocycles. The molecule has 5 nitrogen and oxygen atoms in total. The van der Waals surface area contributed by atoms with E-state index in [1.165, 1.54) is 10.5 Å². The number of carbonyl (C=O) groups excluding carboxylic acids is 2. The lowest BCUT2D eigenvalue weighted by atomic mass is 10.1. The maximum atomic E-state index is 12.6. The van der Waals surface area contributed by atoms with Crippen LogP contribution in [-0.2, 0) is 32.9 Å². The zero-order valence-electron chi connectivity index (χ0n) is 17.0. The number of aryl methyl sites for hydroxylation is 1. The molecule has 2 atom stereocenters. The van der Waals surface area contributed by atoms with Gasteiger partial charge >= 0.3 is 0 Å². The minimum atomic E-state index is -1.21. The molecule has 6 heteroatoms.